The third-order valence-corrected chi connectivity index (χ3v) is 7.68. The lowest BCUT2D eigenvalue weighted by molar-refractivity contribution is -0.130. The maximum absolute atomic E-state index is 13.8. The van der Waals surface area contributed by atoms with Crippen LogP contribution >= 0.6 is 11.3 Å². The number of hydrogen-bond acceptors (Lipinski definition) is 7. The molecule has 4 rings (SSSR count). The first kappa shape index (κ1) is 27.4. The van der Waals surface area contributed by atoms with Gasteiger partial charge >= 0.3 is 0 Å². The normalized spacial score (nSPS) is 15.3. The van der Waals surface area contributed by atoms with Crippen LogP contribution in [0.15, 0.2) is 59.9 Å². The van der Waals surface area contributed by atoms with Crippen LogP contribution < -0.4 is 9.47 Å². The van der Waals surface area contributed by atoms with Crippen LogP contribution in [0.25, 0.3) is 0 Å². The van der Waals surface area contributed by atoms with Gasteiger partial charge in [0.05, 0.1) is 40.9 Å². The molecule has 0 spiro atoms. The van der Waals surface area contributed by atoms with Crippen LogP contribution in [0.1, 0.15) is 70.1 Å². The van der Waals surface area contributed by atoms with Crippen molar-refractivity contribution in [1.29, 1.82) is 0 Å². The molecule has 3 aromatic rings. The summed E-state index contributed by atoms with van der Waals surface area (Å²) in [7, 11) is 1.56. The highest BCUT2D eigenvalue weighted by atomic mass is 32.1. The first-order chi connectivity index (χ1) is 18.3. The Morgan fingerprint density at radius 2 is 1.84 bits per heavy atom. The molecule has 1 aliphatic rings. The maximum atomic E-state index is 13.8. The average molecular weight is 535 g/mol. The van der Waals surface area contributed by atoms with E-state index in [4.69, 9.17) is 9.47 Å². The van der Waals surface area contributed by atoms with E-state index in [0.29, 0.717) is 34.2 Å². The van der Waals surface area contributed by atoms with Crippen LogP contribution in [-0.2, 0) is 11.3 Å². The molecule has 1 N–H and O–H groups in total. The zero-order valence-corrected chi connectivity index (χ0v) is 23.1. The highest BCUT2D eigenvalue weighted by Gasteiger charge is 2.44. The van der Waals surface area contributed by atoms with Crippen LogP contribution in [-0.4, -0.2) is 40.4 Å². The number of benzene rings is 2. The summed E-state index contributed by atoms with van der Waals surface area (Å²) in [4.78, 5) is 33.5. The Balaban J connectivity index is 1.72. The number of Topliss-reactive ketones (excluding diaryl/α,β-unsaturated/α-hetero) is 1. The Bertz CT molecular complexity index is 1330. The molecule has 0 saturated carbocycles. The SMILES string of the molecule is CCCCCCOc1ccc(C2C(C(=O)c3sc(C)nc3C)=C(O)C(=O)N2Cc2ccccc2)cc1OC. The molecule has 0 fully saturated rings. The summed E-state index contributed by atoms with van der Waals surface area (Å²) < 4.78 is 11.6. The molecule has 1 aliphatic heterocycles. The maximum Gasteiger partial charge on any atom is 0.290 e. The second-order valence-electron chi connectivity index (χ2n) is 9.38. The summed E-state index contributed by atoms with van der Waals surface area (Å²) in [6.45, 7) is 6.56. The molecule has 0 saturated heterocycles. The van der Waals surface area contributed by atoms with E-state index in [0.717, 1.165) is 36.3 Å². The van der Waals surface area contributed by atoms with E-state index in [1.165, 1.54) is 16.2 Å². The third kappa shape index (κ3) is 5.75. The fourth-order valence-corrected chi connectivity index (χ4v) is 5.60. The molecule has 2 heterocycles. The summed E-state index contributed by atoms with van der Waals surface area (Å²) >= 11 is 1.26. The van der Waals surface area contributed by atoms with Gasteiger partial charge in [0.2, 0.25) is 5.78 Å². The van der Waals surface area contributed by atoms with Gasteiger partial charge in [-0.3, -0.25) is 9.59 Å². The molecule has 1 unspecified atom stereocenters. The molecule has 2 aromatic carbocycles. The second-order valence-corrected chi connectivity index (χ2v) is 10.6. The van der Waals surface area contributed by atoms with Crippen molar-refractivity contribution in [3.05, 3.63) is 86.6 Å². The molecule has 8 heteroatoms. The molecule has 38 heavy (non-hydrogen) atoms. The van der Waals surface area contributed by atoms with E-state index in [2.05, 4.69) is 11.9 Å². The van der Waals surface area contributed by atoms with Gasteiger partial charge in [-0.05, 0) is 43.5 Å². The molecular formula is C30H34N2O5S. The topological polar surface area (TPSA) is 89.0 Å². The van der Waals surface area contributed by atoms with E-state index < -0.39 is 23.5 Å². The first-order valence-corrected chi connectivity index (χ1v) is 13.7. The minimum absolute atomic E-state index is 0.0490. The van der Waals surface area contributed by atoms with Gasteiger partial charge < -0.3 is 19.5 Å². The lowest BCUT2D eigenvalue weighted by atomic mass is 9.94. The smallest absolute Gasteiger partial charge is 0.290 e. The summed E-state index contributed by atoms with van der Waals surface area (Å²) in [6.07, 6.45) is 4.36. The first-order valence-electron chi connectivity index (χ1n) is 12.9. The summed E-state index contributed by atoms with van der Waals surface area (Å²) in [5.41, 5.74) is 2.16. The number of methoxy groups -OCH3 is 1. The van der Waals surface area contributed by atoms with Crippen molar-refractivity contribution in [2.75, 3.05) is 13.7 Å². The van der Waals surface area contributed by atoms with Gasteiger partial charge in [0.1, 0.15) is 0 Å². The minimum atomic E-state index is -0.801. The van der Waals surface area contributed by atoms with Gasteiger partial charge in [0, 0.05) is 6.54 Å². The van der Waals surface area contributed by atoms with Crippen LogP contribution in [0.2, 0.25) is 0 Å². The number of ether oxygens (including phenoxy) is 2. The third-order valence-electron chi connectivity index (χ3n) is 6.61. The number of hydrogen-bond donors (Lipinski definition) is 1. The molecule has 0 radical (unpaired) electrons. The summed E-state index contributed by atoms with van der Waals surface area (Å²) in [6, 6.07) is 14.1. The van der Waals surface area contributed by atoms with Crippen LogP contribution in [0.5, 0.6) is 11.5 Å². The summed E-state index contributed by atoms with van der Waals surface area (Å²) in [5.74, 6) is -0.405. The number of amides is 1. The van der Waals surface area contributed by atoms with Crippen molar-refractivity contribution < 1.29 is 24.2 Å². The molecule has 7 nitrogen and oxygen atoms in total. The highest BCUT2D eigenvalue weighted by Crippen LogP contribution is 2.43. The number of rotatable bonds is 12. The van der Waals surface area contributed by atoms with E-state index in [1.54, 1.807) is 26.2 Å². The largest absolute Gasteiger partial charge is 0.503 e. The Kier molecular flexibility index (Phi) is 8.84. The molecule has 1 amide bonds. The number of unbranched alkanes of at least 4 members (excludes halogenated alkanes) is 3. The van der Waals surface area contributed by atoms with Crippen molar-refractivity contribution in [2.24, 2.45) is 0 Å². The predicted molar refractivity (Wildman–Crippen MR) is 148 cm³/mol. The monoisotopic (exact) mass is 534 g/mol. The van der Waals surface area contributed by atoms with Gasteiger partial charge in [-0.25, -0.2) is 4.98 Å². The van der Waals surface area contributed by atoms with E-state index >= 15 is 0 Å². The van der Waals surface area contributed by atoms with Crippen molar-refractivity contribution in [1.82, 2.24) is 9.88 Å². The van der Waals surface area contributed by atoms with Crippen molar-refractivity contribution in [2.45, 2.75) is 59.0 Å². The molecule has 1 atom stereocenters. The van der Waals surface area contributed by atoms with Crippen LogP contribution in [0.4, 0.5) is 0 Å². The Hall–Kier alpha value is -3.65. The predicted octanol–water partition coefficient (Wildman–Crippen LogP) is 6.51. The molecule has 200 valence electrons. The fourth-order valence-electron chi connectivity index (χ4n) is 4.72. The highest BCUT2D eigenvalue weighted by molar-refractivity contribution is 7.14. The van der Waals surface area contributed by atoms with Gasteiger partial charge in [-0.1, -0.05) is 62.6 Å². The van der Waals surface area contributed by atoms with Gasteiger partial charge in [-0.15, -0.1) is 11.3 Å². The number of carbonyl (C=O) groups is 2. The molecular weight excluding hydrogens is 500 g/mol. The number of aryl methyl sites for hydroxylation is 2. The molecule has 0 aliphatic carbocycles. The van der Waals surface area contributed by atoms with E-state index in [9.17, 15) is 14.7 Å². The number of aliphatic hydroxyl groups is 1. The van der Waals surface area contributed by atoms with Crippen LogP contribution in [0, 0.1) is 13.8 Å². The fraction of sp³-hybridized carbons (Fsp3) is 0.367. The number of nitrogens with zero attached hydrogens (tertiary/aromatic N) is 2. The zero-order valence-electron chi connectivity index (χ0n) is 22.3. The Morgan fingerprint density at radius 1 is 1.08 bits per heavy atom. The minimum Gasteiger partial charge on any atom is -0.503 e. The lowest BCUT2D eigenvalue weighted by Crippen LogP contribution is -2.30. The van der Waals surface area contributed by atoms with Crippen molar-refractivity contribution >= 4 is 23.0 Å². The van der Waals surface area contributed by atoms with Crippen molar-refractivity contribution in [3.8, 4) is 11.5 Å². The number of carbonyl (C=O) groups excluding carboxylic acids is 2. The van der Waals surface area contributed by atoms with Crippen molar-refractivity contribution in [3.63, 3.8) is 0 Å². The summed E-state index contributed by atoms with van der Waals surface area (Å²) in [5, 5.41) is 11.8. The van der Waals surface area contributed by atoms with Gasteiger partial charge in [0.15, 0.2) is 17.3 Å². The number of thiazole rings is 1. The zero-order chi connectivity index (χ0) is 27.2. The standard InChI is InChI=1S/C30H34N2O5S/c1-5-6-7-11-16-37-23-15-14-22(17-24(23)36-4)26-25(27(33)29-19(2)31-20(3)38-29)28(34)30(35)32(26)18-21-12-9-8-10-13-21/h8-10,12-15,17,26,34H,5-7,11,16,18H2,1-4H3. The molecule has 1 aromatic heterocycles. The lowest BCUT2D eigenvalue weighted by Gasteiger charge is -2.27. The number of aliphatic hydroxyl groups excluding tert-OH is 1. The second kappa shape index (κ2) is 12.3. The Morgan fingerprint density at radius 3 is 2.50 bits per heavy atom. The molecule has 0 bridgehead atoms. The van der Waals surface area contributed by atoms with Gasteiger partial charge in [-0.2, -0.15) is 0 Å². The van der Waals surface area contributed by atoms with E-state index in [-0.39, 0.29) is 12.1 Å². The number of aromatic nitrogens is 1. The van der Waals surface area contributed by atoms with Gasteiger partial charge in [0.25, 0.3) is 5.91 Å². The average Bonchev–Trinajstić information content (AvgIpc) is 3.39. The number of ketones is 1. The van der Waals surface area contributed by atoms with Crippen LogP contribution in [0.3, 0.4) is 0 Å². The Labute approximate surface area is 227 Å². The van der Waals surface area contributed by atoms with E-state index in [1.807, 2.05) is 43.3 Å². The quantitative estimate of drug-likeness (QED) is 0.211.